The fraction of sp³-hybridized carbons (Fsp3) is 0.0588. The van der Waals surface area contributed by atoms with E-state index in [1.54, 1.807) is 36.4 Å². The predicted molar refractivity (Wildman–Crippen MR) is 94.0 cm³/mol. The second-order valence-corrected chi connectivity index (χ2v) is 5.46. The summed E-state index contributed by atoms with van der Waals surface area (Å²) in [7, 11) is 0. The standard InChI is InChI=1S/C17H12ClN3O4/c18-12-5-1-2-6-13(12)20-16(22)10-25-15-8-7-14(21(23)24)11-4-3-9-19-17(11)15/h1-9H,10H2,(H,20,22). The number of aromatic nitrogens is 1. The monoisotopic (exact) mass is 357 g/mol. The molecule has 1 amide bonds. The van der Waals surface area contributed by atoms with Crippen molar-refractivity contribution >= 4 is 39.8 Å². The summed E-state index contributed by atoms with van der Waals surface area (Å²) in [4.78, 5) is 26.7. The van der Waals surface area contributed by atoms with Crippen LogP contribution in [0.25, 0.3) is 10.9 Å². The molecule has 0 aliphatic rings. The summed E-state index contributed by atoms with van der Waals surface area (Å²) in [5.74, 6) is -0.119. The summed E-state index contributed by atoms with van der Waals surface area (Å²) in [5.41, 5.74) is 0.725. The summed E-state index contributed by atoms with van der Waals surface area (Å²) in [6.07, 6.45) is 1.50. The number of anilines is 1. The molecule has 8 heteroatoms. The van der Waals surface area contributed by atoms with Gasteiger partial charge in [0.05, 0.1) is 21.0 Å². The Morgan fingerprint density at radius 3 is 2.76 bits per heavy atom. The number of non-ortho nitro benzene ring substituents is 1. The highest BCUT2D eigenvalue weighted by Crippen LogP contribution is 2.31. The van der Waals surface area contributed by atoms with E-state index in [-0.39, 0.29) is 18.0 Å². The molecule has 3 aromatic rings. The number of nitro groups is 1. The maximum atomic E-state index is 12.0. The minimum Gasteiger partial charge on any atom is -0.481 e. The summed E-state index contributed by atoms with van der Waals surface area (Å²) < 4.78 is 5.49. The number of benzene rings is 2. The van der Waals surface area contributed by atoms with E-state index in [2.05, 4.69) is 10.3 Å². The first-order chi connectivity index (χ1) is 12.1. The average molecular weight is 358 g/mol. The topological polar surface area (TPSA) is 94.4 Å². The minimum absolute atomic E-state index is 0.0732. The zero-order chi connectivity index (χ0) is 17.8. The predicted octanol–water partition coefficient (Wildman–Crippen LogP) is 3.81. The van der Waals surface area contributed by atoms with E-state index in [1.165, 1.54) is 18.3 Å². The van der Waals surface area contributed by atoms with Crippen LogP contribution in [0.4, 0.5) is 11.4 Å². The number of ether oxygens (including phenoxy) is 1. The minimum atomic E-state index is -0.488. The van der Waals surface area contributed by atoms with Gasteiger partial charge in [0.25, 0.3) is 11.6 Å². The number of pyridine rings is 1. The van der Waals surface area contributed by atoms with E-state index in [0.29, 0.717) is 21.6 Å². The smallest absolute Gasteiger partial charge is 0.279 e. The molecule has 0 fully saturated rings. The molecule has 1 aromatic heterocycles. The molecule has 0 aliphatic heterocycles. The number of amides is 1. The van der Waals surface area contributed by atoms with Crippen molar-refractivity contribution in [3.8, 4) is 5.75 Å². The Labute approximate surface area is 147 Å². The highest BCUT2D eigenvalue weighted by molar-refractivity contribution is 6.33. The molecule has 0 unspecified atom stereocenters. The van der Waals surface area contributed by atoms with Gasteiger partial charge in [-0.3, -0.25) is 19.9 Å². The molecule has 25 heavy (non-hydrogen) atoms. The van der Waals surface area contributed by atoms with Gasteiger partial charge in [-0.2, -0.15) is 0 Å². The number of carbonyl (C=O) groups excluding carboxylic acids is 1. The van der Waals surface area contributed by atoms with Crippen molar-refractivity contribution in [1.82, 2.24) is 4.98 Å². The number of nitro benzene ring substituents is 1. The number of nitrogens with zero attached hydrogens (tertiary/aromatic N) is 2. The van der Waals surface area contributed by atoms with Crippen molar-refractivity contribution in [2.45, 2.75) is 0 Å². The molecule has 0 spiro atoms. The Kier molecular flexibility index (Phi) is 4.76. The largest absolute Gasteiger partial charge is 0.481 e. The molecule has 0 saturated carbocycles. The molecular weight excluding hydrogens is 346 g/mol. The second kappa shape index (κ2) is 7.14. The van der Waals surface area contributed by atoms with Crippen molar-refractivity contribution in [3.05, 3.63) is 69.9 Å². The van der Waals surface area contributed by atoms with Gasteiger partial charge in [-0.05, 0) is 30.3 Å². The lowest BCUT2D eigenvalue weighted by Gasteiger charge is -2.10. The van der Waals surface area contributed by atoms with Crippen LogP contribution in [-0.4, -0.2) is 22.4 Å². The summed E-state index contributed by atoms with van der Waals surface area (Å²) in [5, 5.41) is 14.5. The maximum Gasteiger partial charge on any atom is 0.279 e. The molecule has 0 atom stereocenters. The SMILES string of the molecule is O=C(COc1ccc([N+](=O)[O-])c2cccnc12)Nc1ccccc1Cl. The summed E-state index contributed by atoms with van der Waals surface area (Å²) >= 11 is 5.98. The number of carbonyl (C=O) groups is 1. The lowest BCUT2D eigenvalue weighted by molar-refractivity contribution is -0.383. The molecule has 126 valence electrons. The number of para-hydroxylation sites is 1. The van der Waals surface area contributed by atoms with Crippen molar-refractivity contribution in [3.63, 3.8) is 0 Å². The Bertz CT molecular complexity index is 962. The van der Waals surface area contributed by atoms with Gasteiger partial charge in [-0.1, -0.05) is 23.7 Å². The Morgan fingerprint density at radius 1 is 1.20 bits per heavy atom. The highest BCUT2D eigenvalue weighted by Gasteiger charge is 2.16. The van der Waals surface area contributed by atoms with E-state index < -0.39 is 10.8 Å². The van der Waals surface area contributed by atoms with Gasteiger partial charge in [0.15, 0.2) is 6.61 Å². The Morgan fingerprint density at radius 2 is 2.00 bits per heavy atom. The number of hydrogen-bond acceptors (Lipinski definition) is 5. The number of nitrogens with one attached hydrogen (secondary N) is 1. The van der Waals surface area contributed by atoms with Crippen molar-refractivity contribution in [1.29, 1.82) is 0 Å². The molecule has 3 rings (SSSR count). The van der Waals surface area contributed by atoms with Crippen LogP contribution in [0.2, 0.25) is 5.02 Å². The summed E-state index contributed by atoms with van der Waals surface area (Å²) in [6.45, 7) is -0.283. The number of fused-ring (bicyclic) bond motifs is 1. The average Bonchev–Trinajstić information content (AvgIpc) is 2.61. The maximum absolute atomic E-state index is 12.0. The first-order valence-electron chi connectivity index (χ1n) is 7.25. The summed E-state index contributed by atoms with van der Waals surface area (Å²) in [6, 6.07) is 12.8. The molecule has 0 aliphatic carbocycles. The van der Waals surface area contributed by atoms with Crippen molar-refractivity contribution in [2.75, 3.05) is 11.9 Å². The van der Waals surface area contributed by atoms with Gasteiger partial charge in [0.2, 0.25) is 0 Å². The van der Waals surface area contributed by atoms with Crippen molar-refractivity contribution < 1.29 is 14.5 Å². The van der Waals surface area contributed by atoms with Gasteiger partial charge in [0.1, 0.15) is 11.3 Å². The van der Waals surface area contributed by atoms with Gasteiger partial charge >= 0.3 is 0 Å². The van der Waals surface area contributed by atoms with Crippen LogP contribution in [0.5, 0.6) is 5.75 Å². The Hall–Kier alpha value is -3.19. The molecule has 0 radical (unpaired) electrons. The van der Waals surface area contributed by atoms with Crippen LogP contribution in [0.1, 0.15) is 0 Å². The number of rotatable bonds is 5. The zero-order valence-electron chi connectivity index (χ0n) is 12.8. The van der Waals surface area contributed by atoms with Crippen LogP contribution in [0, 0.1) is 10.1 Å². The van der Waals surface area contributed by atoms with Crippen LogP contribution < -0.4 is 10.1 Å². The van der Waals surface area contributed by atoms with Crippen LogP contribution in [0.3, 0.4) is 0 Å². The molecule has 1 N–H and O–H groups in total. The van der Waals surface area contributed by atoms with Gasteiger partial charge in [0, 0.05) is 12.3 Å². The molecular formula is C17H12ClN3O4. The van der Waals surface area contributed by atoms with E-state index in [9.17, 15) is 14.9 Å². The molecule has 0 bridgehead atoms. The lowest BCUT2D eigenvalue weighted by atomic mass is 10.1. The van der Waals surface area contributed by atoms with Crippen LogP contribution in [0.15, 0.2) is 54.7 Å². The molecule has 1 heterocycles. The third-order valence-electron chi connectivity index (χ3n) is 3.41. The van der Waals surface area contributed by atoms with Gasteiger partial charge < -0.3 is 10.1 Å². The first kappa shape index (κ1) is 16.7. The van der Waals surface area contributed by atoms with E-state index in [1.807, 2.05) is 0 Å². The third-order valence-corrected chi connectivity index (χ3v) is 3.74. The molecule has 7 nitrogen and oxygen atoms in total. The highest BCUT2D eigenvalue weighted by atomic mass is 35.5. The van der Waals surface area contributed by atoms with Crippen LogP contribution in [-0.2, 0) is 4.79 Å². The fourth-order valence-corrected chi connectivity index (χ4v) is 2.48. The first-order valence-corrected chi connectivity index (χ1v) is 7.63. The van der Waals surface area contributed by atoms with Crippen molar-refractivity contribution in [2.24, 2.45) is 0 Å². The van der Waals surface area contributed by atoms with Crippen LogP contribution >= 0.6 is 11.6 Å². The number of hydrogen-bond donors (Lipinski definition) is 1. The fourth-order valence-electron chi connectivity index (χ4n) is 2.30. The van der Waals surface area contributed by atoms with E-state index >= 15 is 0 Å². The van der Waals surface area contributed by atoms with E-state index in [4.69, 9.17) is 16.3 Å². The normalized spacial score (nSPS) is 10.4. The zero-order valence-corrected chi connectivity index (χ0v) is 13.6. The van der Waals surface area contributed by atoms with Gasteiger partial charge in [-0.15, -0.1) is 0 Å². The lowest BCUT2D eigenvalue weighted by Crippen LogP contribution is -2.20. The molecule has 0 saturated heterocycles. The third kappa shape index (κ3) is 3.67. The quantitative estimate of drug-likeness (QED) is 0.553. The van der Waals surface area contributed by atoms with Gasteiger partial charge in [-0.25, -0.2) is 0 Å². The molecule has 2 aromatic carbocycles. The number of halogens is 1. The second-order valence-electron chi connectivity index (χ2n) is 5.06. The Balaban J connectivity index is 1.78. The van der Waals surface area contributed by atoms with E-state index in [0.717, 1.165) is 0 Å².